The monoisotopic (exact) mass is 423 g/mol. The van der Waals surface area contributed by atoms with E-state index in [9.17, 15) is 14.0 Å². The highest BCUT2D eigenvalue weighted by atomic mass is 35.5. The van der Waals surface area contributed by atoms with E-state index in [-0.39, 0.29) is 17.6 Å². The van der Waals surface area contributed by atoms with Crippen molar-refractivity contribution in [3.8, 4) is 0 Å². The van der Waals surface area contributed by atoms with Crippen LogP contribution in [0, 0.1) is 5.82 Å². The van der Waals surface area contributed by atoms with Crippen LogP contribution in [0.5, 0.6) is 0 Å². The molecule has 1 aromatic carbocycles. The number of urea groups is 1. The number of methoxy groups -OCH3 is 1. The number of amides is 2. The first-order valence-electron chi connectivity index (χ1n) is 8.62. The quantitative estimate of drug-likeness (QED) is 0.699. The molecule has 9 heteroatoms. The average molecular weight is 424 g/mol. The number of anilines is 1. The van der Waals surface area contributed by atoms with Crippen LogP contribution in [0.25, 0.3) is 0 Å². The zero-order valence-corrected chi connectivity index (χ0v) is 16.8. The van der Waals surface area contributed by atoms with Gasteiger partial charge in [0.05, 0.1) is 29.9 Å². The normalized spacial score (nSPS) is 13.9. The number of benzene rings is 1. The number of carbonyl (C=O) groups is 2. The van der Waals surface area contributed by atoms with Crippen molar-refractivity contribution in [2.24, 2.45) is 0 Å². The molecule has 1 aromatic heterocycles. The predicted molar refractivity (Wildman–Crippen MR) is 107 cm³/mol. The van der Waals surface area contributed by atoms with E-state index in [2.05, 4.69) is 9.72 Å². The van der Waals surface area contributed by atoms with Crippen molar-refractivity contribution in [2.45, 2.75) is 6.54 Å². The van der Waals surface area contributed by atoms with Gasteiger partial charge in [0.1, 0.15) is 5.82 Å². The number of halogens is 2. The molecule has 6 nitrogen and oxygen atoms in total. The molecule has 0 unspecified atom stereocenters. The first-order valence-corrected chi connectivity index (χ1v) is 10.2. The largest absolute Gasteiger partial charge is 0.465 e. The van der Waals surface area contributed by atoms with Crippen molar-refractivity contribution in [2.75, 3.05) is 36.6 Å². The topological polar surface area (TPSA) is 62.7 Å². The second-order valence-corrected chi connectivity index (χ2v) is 7.73. The number of pyridine rings is 1. The van der Waals surface area contributed by atoms with Gasteiger partial charge in [0.25, 0.3) is 0 Å². The fourth-order valence-electron chi connectivity index (χ4n) is 2.77. The van der Waals surface area contributed by atoms with Crippen molar-refractivity contribution in [3.05, 3.63) is 58.6 Å². The molecule has 0 bridgehead atoms. The maximum atomic E-state index is 13.6. The lowest BCUT2D eigenvalue weighted by atomic mass is 10.2. The Morgan fingerprint density at radius 3 is 2.64 bits per heavy atom. The zero-order valence-electron chi connectivity index (χ0n) is 15.2. The molecule has 1 saturated heterocycles. The summed E-state index contributed by atoms with van der Waals surface area (Å²) >= 11 is 7.73. The molecule has 2 heterocycles. The summed E-state index contributed by atoms with van der Waals surface area (Å²) in [5.74, 6) is 0.710. The van der Waals surface area contributed by atoms with Gasteiger partial charge in [-0.15, -0.1) is 0 Å². The maximum absolute atomic E-state index is 13.6. The molecule has 0 spiro atoms. The molecule has 0 radical (unpaired) electrons. The van der Waals surface area contributed by atoms with Crippen molar-refractivity contribution < 1.29 is 18.7 Å². The van der Waals surface area contributed by atoms with Gasteiger partial charge in [-0.3, -0.25) is 9.88 Å². The number of hydrogen-bond donors (Lipinski definition) is 0. The minimum atomic E-state index is -0.548. The standard InChI is InChI=1S/C19H19ClFN3O3S/c1-27-18(25)13-2-3-14(22-11-13)12-24(15-4-5-17(21)16(20)10-15)19(26)23-6-8-28-9-7-23/h2-5,10-11H,6-9,12H2,1H3. The Morgan fingerprint density at radius 1 is 1.29 bits per heavy atom. The van der Waals surface area contributed by atoms with E-state index >= 15 is 0 Å². The summed E-state index contributed by atoms with van der Waals surface area (Å²) < 4.78 is 18.3. The van der Waals surface area contributed by atoms with Gasteiger partial charge < -0.3 is 9.64 Å². The van der Waals surface area contributed by atoms with Gasteiger partial charge in [-0.25, -0.2) is 14.0 Å². The smallest absolute Gasteiger partial charge is 0.339 e. The van der Waals surface area contributed by atoms with E-state index in [0.717, 1.165) is 11.5 Å². The molecular formula is C19H19ClFN3O3S. The molecule has 2 amide bonds. The number of ether oxygens (including phenoxy) is 1. The average Bonchev–Trinajstić information content (AvgIpc) is 2.74. The second-order valence-electron chi connectivity index (χ2n) is 6.10. The molecule has 1 aliphatic rings. The summed E-state index contributed by atoms with van der Waals surface area (Å²) in [6.45, 7) is 1.44. The number of aromatic nitrogens is 1. The van der Waals surface area contributed by atoms with Gasteiger partial charge in [0, 0.05) is 36.5 Å². The van der Waals surface area contributed by atoms with E-state index in [1.54, 1.807) is 28.8 Å². The van der Waals surface area contributed by atoms with Gasteiger partial charge in [0.2, 0.25) is 0 Å². The summed E-state index contributed by atoms with van der Waals surface area (Å²) in [6, 6.07) is 7.23. The second kappa shape index (κ2) is 9.25. The fourth-order valence-corrected chi connectivity index (χ4v) is 3.84. The van der Waals surface area contributed by atoms with Crippen LogP contribution in [0.4, 0.5) is 14.9 Å². The lowest BCUT2D eigenvalue weighted by Crippen LogP contribution is -2.46. The van der Waals surface area contributed by atoms with Crippen LogP contribution in [-0.2, 0) is 11.3 Å². The van der Waals surface area contributed by atoms with E-state index in [1.165, 1.54) is 36.4 Å². The fraction of sp³-hybridized carbons (Fsp3) is 0.316. The molecule has 1 fully saturated rings. The molecular weight excluding hydrogens is 405 g/mol. The number of esters is 1. The Balaban J connectivity index is 1.87. The number of carbonyl (C=O) groups excluding carboxylic acids is 2. The van der Waals surface area contributed by atoms with E-state index < -0.39 is 11.8 Å². The molecule has 28 heavy (non-hydrogen) atoms. The summed E-state index contributed by atoms with van der Waals surface area (Å²) in [4.78, 5) is 32.2. The highest BCUT2D eigenvalue weighted by Gasteiger charge is 2.25. The summed E-state index contributed by atoms with van der Waals surface area (Å²) in [7, 11) is 1.30. The highest BCUT2D eigenvalue weighted by molar-refractivity contribution is 7.99. The van der Waals surface area contributed by atoms with Crippen LogP contribution in [-0.4, -0.2) is 53.6 Å². The van der Waals surface area contributed by atoms with E-state index in [0.29, 0.717) is 30.0 Å². The number of hydrogen-bond acceptors (Lipinski definition) is 5. The molecule has 148 valence electrons. The zero-order chi connectivity index (χ0) is 20.1. The summed E-state index contributed by atoms with van der Waals surface area (Å²) in [5, 5.41) is -0.0569. The van der Waals surface area contributed by atoms with Crippen LogP contribution in [0.15, 0.2) is 36.5 Å². The number of thioether (sulfide) groups is 1. The summed E-state index contributed by atoms with van der Waals surface area (Å²) in [6.07, 6.45) is 1.40. The first-order chi connectivity index (χ1) is 13.5. The van der Waals surface area contributed by atoms with Gasteiger partial charge in [-0.05, 0) is 30.3 Å². The minimum absolute atomic E-state index is 0.0569. The van der Waals surface area contributed by atoms with Crippen LogP contribution in [0.3, 0.4) is 0 Å². The Bertz CT molecular complexity index is 860. The molecule has 0 atom stereocenters. The van der Waals surface area contributed by atoms with E-state index in [4.69, 9.17) is 11.6 Å². The maximum Gasteiger partial charge on any atom is 0.339 e. The van der Waals surface area contributed by atoms with Gasteiger partial charge >= 0.3 is 12.0 Å². The third-order valence-corrected chi connectivity index (χ3v) is 5.53. The Hall–Kier alpha value is -2.32. The van der Waals surface area contributed by atoms with Gasteiger partial charge in [-0.2, -0.15) is 11.8 Å². The molecule has 0 saturated carbocycles. The molecule has 1 aliphatic heterocycles. The Labute approximate surface area is 171 Å². The van der Waals surface area contributed by atoms with Crippen molar-refractivity contribution in [1.82, 2.24) is 9.88 Å². The third-order valence-electron chi connectivity index (χ3n) is 4.29. The lowest BCUT2D eigenvalue weighted by molar-refractivity contribution is 0.0600. The van der Waals surface area contributed by atoms with Gasteiger partial charge in [-0.1, -0.05) is 11.6 Å². The molecule has 2 aromatic rings. The molecule has 0 aliphatic carbocycles. The third kappa shape index (κ3) is 4.74. The lowest BCUT2D eigenvalue weighted by Gasteiger charge is -2.33. The van der Waals surface area contributed by atoms with Crippen LogP contribution < -0.4 is 4.90 Å². The highest BCUT2D eigenvalue weighted by Crippen LogP contribution is 2.26. The first kappa shape index (κ1) is 20.4. The minimum Gasteiger partial charge on any atom is -0.465 e. The molecule has 0 N–H and O–H groups in total. The summed E-state index contributed by atoms with van der Waals surface area (Å²) in [5.41, 5.74) is 1.38. The van der Waals surface area contributed by atoms with Crippen LogP contribution in [0.2, 0.25) is 5.02 Å². The predicted octanol–water partition coefficient (Wildman–Crippen LogP) is 3.84. The number of nitrogens with zero attached hydrogens (tertiary/aromatic N) is 3. The molecule has 3 rings (SSSR count). The van der Waals surface area contributed by atoms with Crippen molar-refractivity contribution in [1.29, 1.82) is 0 Å². The Morgan fingerprint density at radius 2 is 2.04 bits per heavy atom. The van der Waals surface area contributed by atoms with Crippen LogP contribution >= 0.6 is 23.4 Å². The van der Waals surface area contributed by atoms with Crippen LogP contribution in [0.1, 0.15) is 16.1 Å². The number of rotatable bonds is 4. The van der Waals surface area contributed by atoms with Crippen molar-refractivity contribution in [3.63, 3.8) is 0 Å². The van der Waals surface area contributed by atoms with E-state index in [1.807, 2.05) is 0 Å². The SMILES string of the molecule is COC(=O)c1ccc(CN(C(=O)N2CCSCC2)c2ccc(F)c(Cl)c2)nc1. The van der Waals surface area contributed by atoms with Gasteiger partial charge in [0.15, 0.2) is 0 Å². The van der Waals surface area contributed by atoms with Crippen molar-refractivity contribution >= 4 is 41.1 Å². The Kier molecular flexibility index (Phi) is 6.74.